The quantitative estimate of drug-likeness (QED) is 0.253. The summed E-state index contributed by atoms with van der Waals surface area (Å²) in [7, 11) is -4.26. The second kappa shape index (κ2) is 13.2. The van der Waals surface area contributed by atoms with Crippen molar-refractivity contribution in [3.05, 3.63) is 99.6 Å². The highest BCUT2D eigenvalue weighted by atomic mass is 35.5. The Hall–Kier alpha value is -3.96. The molecular formula is C27H29ClN4O6S. The van der Waals surface area contributed by atoms with E-state index in [0.29, 0.717) is 23.6 Å². The number of rotatable bonds is 12. The summed E-state index contributed by atoms with van der Waals surface area (Å²) in [5, 5.41) is 14.4. The number of nitro groups is 1. The largest absolute Gasteiger partial charge is 0.354 e. The fourth-order valence-electron chi connectivity index (χ4n) is 3.80. The van der Waals surface area contributed by atoms with E-state index in [2.05, 4.69) is 5.32 Å². The van der Waals surface area contributed by atoms with Gasteiger partial charge in [-0.05, 0) is 55.3 Å². The highest BCUT2D eigenvalue weighted by Gasteiger charge is 2.32. The first-order chi connectivity index (χ1) is 18.5. The number of amides is 2. The molecule has 0 aliphatic rings. The van der Waals surface area contributed by atoms with Gasteiger partial charge >= 0.3 is 0 Å². The number of anilines is 1. The normalized spacial score (nSPS) is 11.9. The molecule has 206 valence electrons. The van der Waals surface area contributed by atoms with Crippen molar-refractivity contribution in [1.29, 1.82) is 0 Å². The van der Waals surface area contributed by atoms with Gasteiger partial charge in [-0.2, -0.15) is 0 Å². The summed E-state index contributed by atoms with van der Waals surface area (Å²) in [6.45, 7) is 3.23. The van der Waals surface area contributed by atoms with Crippen LogP contribution in [0.15, 0.2) is 83.8 Å². The predicted molar refractivity (Wildman–Crippen MR) is 149 cm³/mol. The van der Waals surface area contributed by atoms with E-state index >= 15 is 0 Å². The number of hydrogen-bond acceptors (Lipinski definition) is 6. The lowest BCUT2D eigenvalue weighted by Crippen LogP contribution is -2.51. The summed E-state index contributed by atoms with van der Waals surface area (Å²) in [6, 6.07) is 18.3. The van der Waals surface area contributed by atoms with Gasteiger partial charge < -0.3 is 10.2 Å². The zero-order valence-corrected chi connectivity index (χ0v) is 23.1. The number of carbonyl (C=O) groups is 2. The number of carbonyl (C=O) groups excluding carboxylic acids is 2. The minimum Gasteiger partial charge on any atom is -0.354 e. The average molecular weight is 573 g/mol. The van der Waals surface area contributed by atoms with E-state index in [9.17, 15) is 28.1 Å². The Morgan fingerprint density at radius 3 is 2.28 bits per heavy atom. The minimum absolute atomic E-state index is 0.000406. The number of nitro benzene ring substituents is 1. The van der Waals surface area contributed by atoms with Crippen LogP contribution < -0.4 is 9.62 Å². The molecule has 0 aromatic heterocycles. The topological polar surface area (TPSA) is 130 Å². The molecule has 0 fully saturated rings. The van der Waals surface area contributed by atoms with Crippen LogP contribution in [0.4, 0.5) is 11.4 Å². The fourth-order valence-corrected chi connectivity index (χ4v) is 5.45. The number of non-ortho nitro benzene ring substituents is 1. The van der Waals surface area contributed by atoms with E-state index in [4.69, 9.17) is 11.6 Å². The second-order valence-corrected chi connectivity index (χ2v) is 11.0. The van der Waals surface area contributed by atoms with Crippen LogP contribution in [0.2, 0.25) is 5.02 Å². The van der Waals surface area contributed by atoms with Crippen molar-refractivity contribution in [2.75, 3.05) is 17.4 Å². The highest BCUT2D eigenvalue weighted by molar-refractivity contribution is 7.92. The van der Waals surface area contributed by atoms with E-state index in [-0.39, 0.29) is 28.7 Å². The summed E-state index contributed by atoms with van der Waals surface area (Å²) in [6.07, 6.45) is 0.698. The molecule has 10 nitrogen and oxygen atoms in total. The maximum atomic E-state index is 13.8. The third-order valence-corrected chi connectivity index (χ3v) is 7.94. The predicted octanol–water partition coefficient (Wildman–Crippen LogP) is 4.39. The molecule has 0 heterocycles. The summed E-state index contributed by atoms with van der Waals surface area (Å²) < 4.78 is 28.2. The minimum atomic E-state index is -4.26. The number of benzene rings is 3. The molecule has 3 aromatic carbocycles. The number of nitrogens with one attached hydrogen (secondary N) is 1. The van der Waals surface area contributed by atoms with Crippen molar-refractivity contribution in [3.8, 4) is 0 Å². The zero-order valence-electron chi connectivity index (χ0n) is 21.5. The van der Waals surface area contributed by atoms with Gasteiger partial charge in [-0.15, -0.1) is 0 Å². The van der Waals surface area contributed by atoms with Gasteiger partial charge in [-0.25, -0.2) is 8.42 Å². The van der Waals surface area contributed by atoms with Gasteiger partial charge in [0.15, 0.2) is 0 Å². The highest BCUT2D eigenvalue weighted by Crippen LogP contribution is 2.26. The maximum Gasteiger partial charge on any atom is 0.269 e. The van der Waals surface area contributed by atoms with E-state index in [0.717, 1.165) is 16.4 Å². The molecule has 1 unspecified atom stereocenters. The third kappa shape index (κ3) is 7.55. The second-order valence-electron chi connectivity index (χ2n) is 8.72. The Morgan fingerprint density at radius 1 is 1.03 bits per heavy atom. The Bertz CT molecular complexity index is 1420. The molecule has 1 atom stereocenters. The molecule has 0 aliphatic carbocycles. The molecule has 3 rings (SSSR count). The van der Waals surface area contributed by atoms with Gasteiger partial charge in [0, 0.05) is 30.2 Å². The number of hydrogen-bond donors (Lipinski definition) is 1. The van der Waals surface area contributed by atoms with E-state index < -0.39 is 33.4 Å². The molecular weight excluding hydrogens is 544 g/mol. The van der Waals surface area contributed by atoms with Crippen LogP contribution in [0, 0.1) is 10.1 Å². The molecule has 0 spiro atoms. The SMILES string of the molecule is CCCNC(=O)C(C)N(Cc1cccc(Cl)c1)C(=O)CN(c1ccc([N+](=O)[O-])cc1)S(=O)(=O)c1ccccc1. The number of nitrogens with zero attached hydrogens (tertiary/aromatic N) is 3. The van der Waals surface area contributed by atoms with Crippen molar-refractivity contribution < 1.29 is 22.9 Å². The maximum absolute atomic E-state index is 13.8. The molecule has 0 radical (unpaired) electrons. The third-order valence-electron chi connectivity index (χ3n) is 5.92. The van der Waals surface area contributed by atoms with Crippen LogP contribution >= 0.6 is 11.6 Å². The lowest BCUT2D eigenvalue weighted by atomic mass is 10.1. The Balaban J connectivity index is 2.03. The van der Waals surface area contributed by atoms with Crippen LogP contribution in [0.3, 0.4) is 0 Å². The van der Waals surface area contributed by atoms with Crippen LogP contribution in [-0.2, 0) is 26.2 Å². The van der Waals surface area contributed by atoms with Gasteiger partial charge in [0.05, 0.1) is 15.5 Å². The fraction of sp³-hybridized carbons (Fsp3) is 0.259. The van der Waals surface area contributed by atoms with Crippen molar-refractivity contribution in [3.63, 3.8) is 0 Å². The zero-order chi connectivity index (χ0) is 28.6. The smallest absolute Gasteiger partial charge is 0.269 e. The first-order valence-corrected chi connectivity index (χ1v) is 14.0. The van der Waals surface area contributed by atoms with Crippen molar-refractivity contribution in [1.82, 2.24) is 10.2 Å². The van der Waals surface area contributed by atoms with Gasteiger partial charge in [-0.1, -0.05) is 48.9 Å². The molecule has 0 aliphatic heterocycles. The summed E-state index contributed by atoms with van der Waals surface area (Å²) in [5.41, 5.74) is 0.480. The first kappa shape index (κ1) is 29.6. The Kier molecular flexibility index (Phi) is 10.0. The van der Waals surface area contributed by atoms with Gasteiger partial charge in [0.1, 0.15) is 12.6 Å². The molecule has 1 N–H and O–H groups in total. The van der Waals surface area contributed by atoms with E-state index in [1.807, 2.05) is 6.92 Å². The average Bonchev–Trinajstić information content (AvgIpc) is 2.93. The van der Waals surface area contributed by atoms with E-state index in [1.165, 1.54) is 29.2 Å². The summed E-state index contributed by atoms with van der Waals surface area (Å²) in [4.78, 5) is 38.4. The van der Waals surface area contributed by atoms with Crippen LogP contribution in [0.1, 0.15) is 25.8 Å². The Labute approximate surface area is 232 Å². The molecule has 0 bridgehead atoms. The molecule has 2 amide bonds. The van der Waals surface area contributed by atoms with Crippen molar-refractivity contribution >= 4 is 44.8 Å². The number of halogens is 1. The molecule has 0 saturated heterocycles. The van der Waals surface area contributed by atoms with Crippen LogP contribution in [0.5, 0.6) is 0 Å². The summed E-state index contributed by atoms with van der Waals surface area (Å²) in [5.74, 6) is -1.04. The monoisotopic (exact) mass is 572 g/mol. The summed E-state index contributed by atoms with van der Waals surface area (Å²) >= 11 is 6.13. The van der Waals surface area contributed by atoms with Crippen molar-refractivity contribution in [2.24, 2.45) is 0 Å². The molecule has 39 heavy (non-hydrogen) atoms. The van der Waals surface area contributed by atoms with Gasteiger partial charge in [0.25, 0.3) is 15.7 Å². The van der Waals surface area contributed by atoms with Crippen LogP contribution in [0.25, 0.3) is 0 Å². The number of sulfonamides is 1. The van der Waals surface area contributed by atoms with Crippen LogP contribution in [-0.4, -0.2) is 49.2 Å². The van der Waals surface area contributed by atoms with Crippen molar-refractivity contribution in [2.45, 2.75) is 37.8 Å². The van der Waals surface area contributed by atoms with Gasteiger partial charge in [-0.3, -0.25) is 24.0 Å². The molecule has 0 saturated carbocycles. The van der Waals surface area contributed by atoms with Gasteiger partial charge in [0.2, 0.25) is 11.8 Å². The lowest BCUT2D eigenvalue weighted by molar-refractivity contribution is -0.384. The first-order valence-electron chi connectivity index (χ1n) is 12.2. The molecule has 3 aromatic rings. The van der Waals surface area contributed by atoms with E-state index in [1.54, 1.807) is 49.4 Å². The lowest BCUT2D eigenvalue weighted by Gasteiger charge is -2.32. The Morgan fingerprint density at radius 2 is 1.69 bits per heavy atom. The standard InChI is InChI=1S/C27H29ClN4O6S/c1-3-16-29-27(34)20(2)30(18-21-8-7-9-22(28)17-21)26(33)19-31(23-12-14-24(15-13-23)32(35)36)39(37,38)25-10-5-4-6-11-25/h4-15,17,20H,3,16,18-19H2,1-2H3,(H,29,34). The molecule has 12 heteroatoms.